The third kappa shape index (κ3) is 3.61. The molecule has 0 saturated carbocycles. The van der Waals surface area contributed by atoms with Crippen LogP contribution in [0.2, 0.25) is 5.15 Å². The zero-order valence-electron chi connectivity index (χ0n) is 10.3. The van der Waals surface area contributed by atoms with Gasteiger partial charge in [-0.25, -0.2) is 9.97 Å². The number of anilines is 1. The van der Waals surface area contributed by atoms with Crippen LogP contribution >= 0.6 is 11.6 Å². The predicted octanol–water partition coefficient (Wildman–Crippen LogP) is 2.19. The van der Waals surface area contributed by atoms with Crippen LogP contribution in [-0.4, -0.2) is 41.0 Å². The van der Waals surface area contributed by atoms with Crippen LogP contribution in [0.3, 0.4) is 0 Å². The molecule has 0 spiro atoms. The second-order valence-corrected chi connectivity index (χ2v) is 4.50. The van der Waals surface area contributed by atoms with Gasteiger partial charge in [0.1, 0.15) is 17.3 Å². The Balaban J connectivity index is 2.46. The van der Waals surface area contributed by atoms with Gasteiger partial charge >= 0.3 is 0 Å². The van der Waals surface area contributed by atoms with E-state index in [1.165, 1.54) is 6.33 Å². The number of hydrogen-bond donors (Lipinski definition) is 1. The molecule has 0 aliphatic rings. The monoisotopic (exact) mass is 242 g/mol. The molecule has 0 aromatic carbocycles. The van der Waals surface area contributed by atoms with Gasteiger partial charge in [0.2, 0.25) is 0 Å². The highest BCUT2D eigenvalue weighted by atomic mass is 35.5. The zero-order valence-corrected chi connectivity index (χ0v) is 11.0. The van der Waals surface area contributed by atoms with Gasteiger partial charge in [0, 0.05) is 24.7 Å². The molecule has 1 aromatic heterocycles. The number of rotatable bonds is 5. The molecule has 4 nitrogen and oxygen atoms in total. The molecular weight excluding hydrogens is 224 g/mol. The molecular formula is C11H19ClN4. The number of halogens is 1. The zero-order chi connectivity index (χ0) is 12.1. The van der Waals surface area contributed by atoms with Crippen molar-refractivity contribution in [3.8, 4) is 0 Å². The Morgan fingerprint density at radius 1 is 1.44 bits per heavy atom. The van der Waals surface area contributed by atoms with E-state index in [-0.39, 0.29) is 0 Å². The van der Waals surface area contributed by atoms with Crippen LogP contribution in [0, 0.1) is 6.92 Å². The van der Waals surface area contributed by atoms with Crippen LogP contribution in [0.15, 0.2) is 6.33 Å². The summed E-state index contributed by atoms with van der Waals surface area (Å²) < 4.78 is 0. The van der Waals surface area contributed by atoms with Gasteiger partial charge in [0.05, 0.1) is 0 Å². The van der Waals surface area contributed by atoms with Crippen molar-refractivity contribution in [1.29, 1.82) is 0 Å². The first-order valence-electron chi connectivity index (χ1n) is 5.43. The van der Waals surface area contributed by atoms with E-state index >= 15 is 0 Å². The summed E-state index contributed by atoms with van der Waals surface area (Å²) in [4.78, 5) is 10.3. The first-order valence-corrected chi connectivity index (χ1v) is 5.81. The molecule has 0 fully saturated rings. The predicted molar refractivity (Wildman–Crippen MR) is 68.0 cm³/mol. The fourth-order valence-electron chi connectivity index (χ4n) is 1.22. The lowest BCUT2D eigenvalue weighted by molar-refractivity contribution is 0.284. The van der Waals surface area contributed by atoms with Crippen LogP contribution in [-0.2, 0) is 0 Å². The molecule has 1 rings (SSSR count). The highest BCUT2D eigenvalue weighted by molar-refractivity contribution is 6.30. The Bertz CT molecular complexity index is 341. The molecule has 90 valence electrons. The number of hydrogen-bond acceptors (Lipinski definition) is 4. The van der Waals surface area contributed by atoms with E-state index < -0.39 is 0 Å². The lowest BCUT2D eigenvalue weighted by Crippen LogP contribution is -2.31. The fourth-order valence-corrected chi connectivity index (χ4v) is 1.35. The van der Waals surface area contributed by atoms with Gasteiger partial charge in [0.15, 0.2) is 0 Å². The first-order chi connectivity index (χ1) is 7.52. The maximum Gasteiger partial charge on any atom is 0.137 e. The first kappa shape index (κ1) is 13.2. The third-order valence-electron chi connectivity index (χ3n) is 2.66. The SMILES string of the molecule is Cc1c(Cl)ncnc1NCCN(C)C(C)C. The summed E-state index contributed by atoms with van der Waals surface area (Å²) in [6.45, 7) is 8.08. The van der Waals surface area contributed by atoms with Gasteiger partial charge in [-0.15, -0.1) is 0 Å². The van der Waals surface area contributed by atoms with E-state index in [0.717, 1.165) is 24.5 Å². The van der Waals surface area contributed by atoms with Crippen molar-refractivity contribution in [2.75, 3.05) is 25.5 Å². The summed E-state index contributed by atoms with van der Waals surface area (Å²) in [5, 5.41) is 3.77. The van der Waals surface area contributed by atoms with E-state index in [0.29, 0.717) is 11.2 Å². The summed E-state index contributed by atoms with van der Waals surface area (Å²) in [6, 6.07) is 0.553. The molecule has 0 unspecified atom stereocenters. The van der Waals surface area contributed by atoms with Crippen molar-refractivity contribution >= 4 is 17.4 Å². The highest BCUT2D eigenvalue weighted by Gasteiger charge is 2.05. The smallest absolute Gasteiger partial charge is 0.137 e. The second-order valence-electron chi connectivity index (χ2n) is 4.14. The van der Waals surface area contributed by atoms with Crippen molar-refractivity contribution in [2.45, 2.75) is 26.8 Å². The van der Waals surface area contributed by atoms with Crippen LogP contribution in [0.4, 0.5) is 5.82 Å². The topological polar surface area (TPSA) is 41.1 Å². The molecule has 0 amide bonds. The van der Waals surface area contributed by atoms with E-state index in [2.05, 4.69) is 41.1 Å². The third-order valence-corrected chi connectivity index (χ3v) is 3.04. The van der Waals surface area contributed by atoms with Gasteiger partial charge in [-0.05, 0) is 27.8 Å². The van der Waals surface area contributed by atoms with Crippen LogP contribution in [0.5, 0.6) is 0 Å². The van der Waals surface area contributed by atoms with Gasteiger partial charge < -0.3 is 10.2 Å². The van der Waals surface area contributed by atoms with E-state index in [1.54, 1.807) is 0 Å². The normalized spacial score (nSPS) is 11.2. The van der Waals surface area contributed by atoms with Crippen LogP contribution in [0.25, 0.3) is 0 Å². The average Bonchev–Trinajstić information content (AvgIpc) is 2.24. The van der Waals surface area contributed by atoms with Crippen molar-refractivity contribution < 1.29 is 0 Å². The van der Waals surface area contributed by atoms with Gasteiger partial charge in [0.25, 0.3) is 0 Å². The van der Waals surface area contributed by atoms with Crippen LogP contribution in [0.1, 0.15) is 19.4 Å². The van der Waals surface area contributed by atoms with Crippen molar-refractivity contribution in [3.63, 3.8) is 0 Å². The minimum absolute atomic E-state index is 0.509. The minimum atomic E-state index is 0.509. The quantitative estimate of drug-likeness (QED) is 0.804. The van der Waals surface area contributed by atoms with Gasteiger partial charge in [-0.2, -0.15) is 0 Å². The van der Waals surface area contributed by atoms with Crippen molar-refractivity contribution in [1.82, 2.24) is 14.9 Å². The summed E-state index contributed by atoms with van der Waals surface area (Å²) in [7, 11) is 2.10. The molecule has 1 N–H and O–H groups in total. The van der Waals surface area contributed by atoms with Gasteiger partial charge in [-0.1, -0.05) is 11.6 Å². The molecule has 1 heterocycles. The van der Waals surface area contributed by atoms with E-state index in [4.69, 9.17) is 11.6 Å². The van der Waals surface area contributed by atoms with E-state index in [1.807, 2.05) is 6.92 Å². The number of nitrogens with zero attached hydrogens (tertiary/aromatic N) is 3. The molecule has 16 heavy (non-hydrogen) atoms. The average molecular weight is 243 g/mol. The van der Waals surface area contributed by atoms with Crippen molar-refractivity contribution in [2.24, 2.45) is 0 Å². The molecule has 0 aliphatic carbocycles. The Kier molecular flexibility index (Phi) is 4.96. The Morgan fingerprint density at radius 3 is 2.75 bits per heavy atom. The minimum Gasteiger partial charge on any atom is -0.368 e. The highest BCUT2D eigenvalue weighted by Crippen LogP contribution is 2.17. The standard InChI is InChI=1S/C11H19ClN4/c1-8(2)16(4)6-5-13-11-9(3)10(12)14-7-15-11/h7-8H,5-6H2,1-4H3,(H,13,14,15). The molecule has 0 aliphatic heterocycles. The molecule has 0 radical (unpaired) electrons. The lowest BCUT2D eigenvalue weighted by atomic mass is 10.3. The number of nitrogens with one attached hydrogen (secondary N) is 1. The maximum absolute atomic E-state index is 5.90. The summed E-state index contributed by atoms with van der Waals surface area (Å²) >= 11 is 5.90. The number of aromatic nitrogens is 2. The van der Waals surface area contributed by atoms with Crippen LogP contribution < -0.4 is 5.32 Å². The van der Waals surface area contributed by atoms with Crippen molar-refractivity contribution in [3.05, 3.63) is 17.0 Å². The fraction of sp³-hybridized carbons (Fsp3) is 0.636. The maximum atomic E-state index is 5.90. The molecule has 0 saturated heterocycles. The Morgan fingerprint density at radius 2 is 2.12 bits per heavy atom. The molecule has 0 bridgehead atoms. The Labute approximate surface area is 102 Å². The largest absolute Gasteiger partial charge is 0.368 e. The molecule has 5 heteroatoms. The lowest BCUT2D eigenvalue weighted by Gasteiger charge is -2.21. The number of likely N-dealkylation sites (N-methyl/N-ethyl adjacent to an activating group) is 1. The second kappa shape index (κ2) is 6.01. The van der Waals surface area contributed by atoms with Gasteiger partial charge in [-0.3, -0.25) is 0 Å². The Hall–Kier alpha value is -0.870. The molecule has 0 atom stereocenters. The van der Waals surface area contributed by atoms with E-state index in [9.17, 15) is 0 Å². The summed E-state index contributed by atoms with van der Waals surface area (Å²) in [5.74, 6) is 0.817. The summed E-state index contributed by atoms with van der Waals surface area (Å²) in [5.41, 5.74) is 0.899. The summed E-state index contributed by atoms with van der Waals surface area (Å²) in [6.07, 6.45) is 1.48. The molecule has 1 aromatic rings.